The van der Waals surface area contributed by atoms with E-state index in [0.29, 0.717) is 16.7 Å². The minimum atomic E-state index is -0.562. The molecule has 1 amide bonds. The molecule has 1 N–H and O–H groups in total. The molecular weight excluding hydrogens is 498 g/mol. The molecule has 0 aliphatic heterocycles. The van der Waals surface area contributed by atoms with E-state index in [0.717, 1.165) is 22.5 Å². The van der Waals surface area contributed by atoms with Crippen molar-refractivity contribution in [3.63, 3.8) is 0 Å². The van der Waals surface area contributed by atoms with Gasteiger partial charge in [-0.2, -0.15) is 0 Å². The Bertz CT molecular complexity index is 1660. The van der Waals surface area contributed by atoms with Gasteiger partial charge in [-0.1, -0.05) is 48.2 Å². The summed E-state index contributed by atoms with van der Waals surface area (Å²) >= 11 is 1.28. The number of carbonyl (C=O) groups excluding carboxylic acids is 1. The summed E-state index contributed by atoms with van der Waals surface area (Å²) in [5.74, 6) is 0.329. The fourth-order valence-corrected chi connectivity index (χ4v) is 5.07. The van der Waals surface area contributed by atoms with Gasteiger partial charge in [-0.05, 0) is 56.7 Å². The lowest BCUT2D eigenvalue weighted by atomic mass is 10.2. The molecule has 192 valence electrons. The van der Waals surface area contributed by atoms with Gasteiger partial charge < -0.3 is 5.32 Å². The Morgan fingerprint density at radius 3 is 2.42 bits per heavy atom. The molecule has 5 rings (SSSR count). The summed E-state index contributed by atoms with van der Waals surface area (Å²) < 4.78 is 5.22. The third-order valence-corrected chi connectivity index (χ3v) is 7.41. The lowest BCUT2D eigenvalue weighted by Gasteiger charge is -2.15. The third-order valence-electron chi connectivity index (χ3n) is 6.36. The highest BCUT2D eigenvalue weighted by atomic mass is 32.2. The summed E-state index contributed by atoms with van der Waals surface area (Å²) in [6, 6.07) is 21.0. The molecule has 3 aromatic heterocycles. The summed E-state index contributed by atoms with van der Waals surface area (Å²) in [6.45, 7) is 5.61. The molecule has 0 fully saturated rings. The molecule has 0 saturated heterocycles. The number of thioether (sulfide) groups is 1. The number of nitrogens with one attached hydrogen (secondary N) is 1. The normalized spacial score (nSPS) is 11.9. The Morgan fingerprint density at radius 2 is 1.71 bits per heavy atom. The highest BCUT2D eigenvalue weighted by Crippen LogP contribution is 2.31. The zero-order chi connectivity index (χ0) is 26.8. The largest absolute Gasteiger partial charge is 0.319 e. The van der Waals surface area contributed by atoms with Crippen LogP contribution in [0.5, 0.6) is 0 Å². The van der Waals surface area contributed by atoms with Crippen molar-refractivity contribution in [3.05, 3.63) is 101 Å². The first-order chi connectivity index (χ1) is 18.4. The molecule has 0 bridgehead atoms. The zero-order valence-corrected chi connectivity index (χ0v) is 22.3. The van der Waals surface area contributed by atoms with Crippen molar-refractivity contribution in [1.82, 2.24) is 29.1 Å². The van der Waals surface area contributed by atoms with E-state index in [9.17, 15) is 9.59 Å². The number of para-hydroxylation sites is 2. The van der Waals surface area contributed by atoms with Gasteiger partial charge in [0.05, 0.1) is 22.3 Å². The minimum absolute atomic E-state index is 0.255. The second kappa shape index (κ2) is 10.5. The van der Waals surface area contributed by atoms with Gasteiger partial charge >= 0.3 is 0 Å². The predicted octanol–water partition coefficient (Wildman–Crippen LogP) is 4.55. The molecule has 1 atom stereocenters. The summed E-state index contributed by atoms with van der Waals surface area (Å²) in [6.07, 6.45) is 3.44. The maximum Gasteiger partial charge on any atom is 0.295 e. The first kappa shape index (κ1) is 25.2. The maximum absolute atomic E-state index is 13.3. The standard InChI is InChI=1S/C28H27N7O2S/c1-18-11-8-9-15-23(18)34-25(21-12-10-16-29-17-21)31-32-28(34)38-20(3)26(36)30-24-19(2)33(4)35(27(24)37)22-13-6-5-7-14-22/h5-17,20H,1-4H3,(H,30,36)/t20-/m1/s1. The Labute approximate surface area is 224 Å². The van der Waals surface area contributed by atoms with Crippen molar-refractivity contribution in [2.45, 2.75) is 31.2 Å². The molecule has 10 heteroatoms. The van der Waals surface area contributed by atoms with Crippen LogP contribution in [0.4, 0.5) is 5.69 Å². The van der Waals surface area contributed by atoms with Gasteiger partial charge in [0.25, 0.3) is 5.56 Å². The highest BCUT2D eigenvalue weighted by molar-refractivity contribution is 8.00. The van der Waals surface area contributed by atoms with Crippen LogP contribution in [-0.4, -0.2) is 40.3 Å². The van der Waals surface area contributed by atoms with Gasteiger partial charge in [0.1, 0.15) is 5.69 Å². The first-order valence-corrected chi connectivity index (χ1v) is 13.0. The average Bonchev–Trinajstić information content (AvgIpc) is 3.43. The van der Waals surface area contributed by atoms with Crippen LogP contribution in [-0.2, 0) is 11.8 Å². The Kier molecular flexibility index (Phi) is 6.97. The Morgan fingerprint density at radius 1 is 0.974 bits per heavy atom. The van der Waals surface area contributed by atoms with E-state index < -0.39 is 5.25 Å². The van der Waals surface area contributed by atoms with Crippen LogP contribution in [0.3, 0.4) is 0 Å². The van der Waals surface area contributed by atoms with Crippen LogP contribution in [0.15, 0.2) is 89.1 Å². The molecule has 2 aromatic carbocycles. The van der Waals surface area contributed by atoms with Crippen molar-refractivity contribution in [3.8, 4) is 22.8 Å². The van der Waals surface area contributed by atoms with Crippen molar-refractivity contribution in [2.75, 3.05) is 5.32 Å². The van der Waals surface area contributed by atoms with E-state index in [-0.39, 0.29) is 17.2 Å². The van der Waals surface area contributed by atoms with Crippen LogP contribution in [0, 0.1) is 13.8 Å². The van der Waals surface area contributed by atoms with Crippen LogP contribution < -0.4 is 10.9 Å². The number of nitrogens with zero attached hydrogens (tertiary/aromatic N) is 6. The number of carbonyl (C=O) groups is 1. The van der Waals surface area contributed by atoms with E-state index in [1.807, 2.05) is 85.1 Å². The van der Waals surface area contributed by atoms with Crippen molar-refractivity contribution in [2.24, 2.45) is 7.05 Å². The van der Waals surface area contributed by atoms with Crippen LogP contribution in [0.1, 0.15) is 18.2 Å². The van der Waals surface area contributed by atoms with E-state index in [2.05, 4.69) is 20.5 Å². The first-order valence-electron chi connectivity index (χ1n) is 12.1. The minimum Gasteiger partial charge on any atom is -0.319 e. The second-order valence-corrected chi connectivity index (χ2v) is 10.2. The van der Waals surface area contributed by atoms with Gasteiger partial charge in [0.2, 0.25) is 5.91 Å². The summed E-state index contributed by atoms with van der Waals surface area (Å²) in [5.41, 5.74) is 4.11. The predicted molar refractivity (Wildman–Crippen MR) is 149 cm³/mol. The molecule has 0 unspecified atom stereocenters. The van der Waals surface area contributed by atoms with E-state index in [4.69, 9.17) is 0 Å². The van der Waals surface area contributed by atoms with E-state index >= 15 is 0 Å². The van der Waals surface area contributed by atoms with Gasteiger partial charge in [-0.15, -0.1) is 10.2 Å². The smallest absolute Gasteiger partial charge is 0.295 e. The quantitative estimate of drug-likeness (QED) is 0.313. The molecule has 9 nitrogen and oxygen atoms in total. The summed E-state index contributed by atoms with van der Waals surface area (Å²) in [7, 11) is 1.79. The van der Waals surface area contributed by atoms with Gasteiger partial charge in [0.15, 0.2) is 11.0 Å². The summed E-state index contributed by atoms with van der Waals surface area (Å²) in [4.78, 5) is 30.8. The van der Waals surface area contributed by atoms with E-state index in [1.165, 1.54) is 16.4 Å². The summed E-state index contributed by atoms with van der Waals surface area (Å²) in [5, 5.41) is 11.7. The van der Waals surface area contributed by atoms with E-state index in [1.54, 1.807) is 31.0 Å². The lowest BCUT2D eigenvalue weighted by Crippen LogP contribution is -2.27. The molecular formula is C28H27N7O2S. The monoisotopic (exact) mass is 525 g/mol. The molecule has 0 aliphatic rings. The highest BCUT2D eigenvalue weighted by Gasteiger charge is 2.25. The molecule has 0 saturated carbocycles. The number of anilines is 1. The SMILES string of the molecule is Cc1ccccc1-n1c(S[C@H](C)C(=O)Nc2c(C)n(C)n(-c3ccccc3)c2=O)nnc1-c1cccnc1. The number of benzene rings is 2. The van der Waals surface area contributed by atoms with Crippen LogP contribution >= 0.6 is 11.8 Å². The van der Waals surface area contributed by atoms with Crippen molar-refractivity contribution < 1.29 is 4.79 Å². The van der Waals surface area contributed by atoms with Crippen molar-refractivity contribution >= 4 is 23.4 Å². The topological polar surface area (TPSA) is 99.6 Å². The molecule has 0 aliphatic carbocycles. The fraction of sp³-hybridized carbons (Fsp3) is 0.179. The number of amides is 1. The van der Waals surface area contributed by atoms with Gasteiger partial charge in [0, 0.05) is 25.0 Å². The molecule has 38 heavy (non-hydrogen) atoms. The van der Waals surface area contributed by atoms with Crippen molar-refractivity contribution in [1.29, 1.82) is 0 Å². The fourth-order valence-electron chi connectivity index (χ4n) is 4.21. The number of aryl methyl sites for hydroxylation is 1. The Hall–Kier alpha value is -4.44. The number of pyridine rings is 1. The van der Waals surface area contributed by atoms with Gasteiger partial charge in [-0.25, -0.2) is 4.68 Å². The maximum atomic E-state index is 13.3. The van der Waals surface area contributed by atoms with Crippen LogP contribution in [0.2, 0.25) is 0 Å². The molecule has 0 radical (unpaired) electrons. The molecule has 5 aromatic rings. The second-order valence-electron chi connectivity index (χ2n) is 8.86. The zero-order valence-electron chi connectivity index (χ0n) is 21.5. The lowest BCUT2D eigenvalue weighted by molar-refractivity contribution is -0.115. The van der Waals surface area contributed by atoms with Gasteiger partial charge in [-0.3, -0.25) is 23.8 Å². The molecule has 3 heterocycles. The average molecular weight is 526 g/mol. The number of rotatable bonds is 7. The third kappa shape index (κ3) is 4.66. The van der Waals surface area contributed by atoms with Crippen LogP contribution in [0.25, 0.3) is 22.8 Å². The number of hydrogen-bond acceptors (Lipinski definition) is 6. The Balaban J connectivity index is 1.45. The number of hydrogen-bond donors (Lipinski definition) is 1. The number of aromatic nitrogens is 6. The molecule has 0 spiro atoms.